The number of rotatable bonds is 7. The van der Waals surface area contributed by atoms with Crippen LogP contribution in [0, 0.1) is 6.92 Å². The number of pyridine rings is 2. The summed E-state index contributed by atoms with van der Waals surface area (Å²) in [6.45, 7) is 6.75. The lowest BCUT2D eigenvalue weighted by atomic mass is 10.1. The minimum absolute atomic E-state index is 0.0612. The Balaban J connectivity index is 1.42. The van der Waals surface area contributed by atoms with Crippen LogP contribution in [0.5, 0.6) is 0 Å². The summed E-state index contributed by atoms with van der Waals surface area (Å²) < 4.78 is 7.21. The van der Waals surface area contributed by atoms with Crippen molar-refractivity contribution in [3.05, 3.63) is 52.3 Å². The van der Waals surface area contributed by atoms with Crippen LogP contribution in [0.25, 0.3) is 17.1 Å². The second kappa shape index (κ2) is 11.7. The first-order valence-electron chi connectivity index (χ1n) is 13.6. The summed E-state index contributed by atoms with van der Waals surface area (Å²) in [7, 11) is 0. The lowest BCUT2D eigenvalue weighted by molar-refractivity contribution is 0.148. The molecule has 11 nitrogen and oxygen atoms in total. The van der Waals surface area contributed by atoms with Gasteiger partial charge in [0.2, 0.25) is 5.95 Å². The van der Waals surface area contributed by atoms with Gasteiger partial charge in [0.15, 0.2) is 0 Å². The molecule has 5 rings (SSSR count). The van der Waals surface area contributed by atoms with E-state index < -0.39 is 6.09 Å². The Morgan fingerprint density at radius 2 is 1.95 bits per heavy atom. The molecule has 1 aliphatic carbocycles. The van der Waals surface area contributed by atoms with E-state index in [1.807, 2.05) is 30.5 Å². The Morgan fingerprint density at radius 3 is 2.67 bits per heavy atom. The zero-order valence-electron chi connectivity index (χ0n) is 22.5. The maximum atomic E-state index is 13.6. The third-order valence-corrected chi connectivity index (χ3v) is 7.56. The first kappa shape index (κ1) is 26.5. The van der Waals surface area contributed by atoms with Crippen molar-refractivity contribution in [2.75, 3.05) is 43.0 Å². The van der Waals surface area contributed by atoms with Gasteiger partial charge in [-0.05, 0) is 56.9 Å². The van der Waals surface area contributed by atoms with Crippen molar-refractivity contribution in [3.63, 3.8) is 0 Å². The lowest BCUT2D eigenvalue weighted by Gasteiger charge is -2.22. The van der Waals surface area contributed by atoms with Crippen LogP contribution in [0.4, 0.5) is 22.2 Å². The molecule has 0 atom stereocenters. The molecule has 0 aromatic carbocycles. The maximum Gasteiger partial charge on any atom is 0.407 e. The third-order valence-electron chi connectivity index (χ3n) is 7.56. The minimum Gasteiger partial charge on any atom is -0.501 e. The van der Waals surface area contributed by atoms with Crippen LogP contribution in [0.3, 0.4) is 0 Å². The molecule has 1 saturated carbocycles. The first-order chi connectivity index (χ1) is 19.0. The van der Waals surface area contributed by atoms with E-state index >= 15 is 0 Å². The van der Waals surface area contributed by atoms with Crippen LogP contribution in [-0.2, 0) is 4.74 Å². The summed E-state index contributed by atoms with van der Waals surface area (Å²) in [5.74, 6) is 0.959. The Morgan fingerprint density at radius 1 is 1.13 bits per heavy atom. The highest BCUT2D eigenvalue weighted by molar-refractivity contribution is 5.83. The quantitative estimate of drug-likeness (QED) is 0.421. The second-order valence-corrected chi connectivity index (χ2v) is 9.98. The van der Waals surface area contributed by atoms with Crippen molar-refractivity contribution in [2.45, 2.75) is 52.0 Å². The molecule has 0 spiro atoms. The van der Waals surface area contributed by atoms with Gasteiger partial charge in [-0.15, -0.1) is 0 Å². The number of aryl methyl sites for hydroxylation is 1. The molecule has 3 aromatic heterocycles. The van der Waals surface area contributed by atoms with Crippen LogP contribution in [-0.4, -0.2) is 68.4 Å². The molecular formula is C28H35N7O4. The van der Waals surface area contributed by atoms with E-state index in [9.17, 15) is 14.7 Å². The van der Waals surface area contributed by atoms with Crippen LogP contribution in [0.1, 0.15) is 56.2 Å². The molecule has 1 amide bonds. The highest BCUT2D eigenvalue weighted by Gasteiger charge is 2.24. The fraction of sp³-hybridized carbons (Fsp3) is 0.464. The summed E-state index contributed by atoms with van der Waals surface area (Å²) in [4.78, 5) is 42.4. The lowest BCUT2D eigenvalue weighted by Crippen LogP contribution is -2.34. The molecule has 2 N–H and O–H groups in total. The molecule has 206 valence electrons. The summed E-state index contributed by atoms with van der Waals surface area (Å²) in [6, 6.07) is 3.92. The SMILES string of the molecule is CCOC=Cc1c(C)c2cnc(Nc3ccc(N4CCCN(C(=O)O)CC4)cn3)nc2n(C2CCCC2)c1=O. The van der Waals surface area contributed by atoms with Gasteiger partial charge in [-0.3, -0.25) is 9.36 Å². The first-order valence-corrected chi connectivity index (χ1v) is 13.6. The molecule has 1 aliphatic heterocycles. The number of nitrogens with one attached hydrogen (secondary N) is 1. The van der Waals surface area contributed by atoms with Gasteiger partial charge in [0.05, 0.1) is 24.8 Å². The Labute approximate surface area is 227 Å². The van der Waals surface area contributed by atoms with Crippen molar-refractivity contribution in [3.8, 4) is 0 Å². The molecular weight excluding hydrogens is 498 g/mol. The molecule has 1 saturated heterocycles. The zero-order valence-corrected chi connectivity index (χ0v) is 22.5. The maximum absolute atomic E-state index is 13.6. The van der Waals surface area contributed by atoms with E-state index in [0.717, 1.165) is 55.3 Å². The van der Waals surface area contributed by atoms with E-state index in [1.165, 1.54) is 4.90 Å². The third kappa shape index (κ3) is 5.67. The predicted octanol–water partition coefficient (Wildman–Crippen LogP) is 4.55. The number of hydrogen-bond donors (Lipinski definition) is 2. The summed E-state index contributed by atoms with van der Waals surface area (Å²) in [5, 5.41) is 13.3. The average molecular weight is 534 g/mol. The van der Waals surface area contributed by atoms with Crippen LogP contribution < -0.4 is 15.8 Å². The number of fused-ring (bicyclic) bond motifs is 1. The van der Waals surface area contributed by atoms with Gasteiger partial charge in [0, 0.05) is 49.4 Å². The number of carbonyl (C=O) groups is 1. The zero-order chi connectivity index (χ0) is 27.4. The van der Waals surface area contributed by atoms with E-state index in [1.54, 1.807) is 24.7 Å². The second-order valence-electron chi connectivity index (χ2n) is 9.98. The van der Waals surface area contributed by atoms with Crippen LogP contribution >= 0.6 is 0 Å². The van der Waals surface area contributed by atoms with Crippen molar-refractivity contribution in [1.29, 1.82) is 0 Å². The molecule has 2 fully saturated rings. The minimum atomic E-state index is -0.878. The van der Waals surface area contributed by atoms with Gasteiger partial charge in [0.25, 0.3) is 5.56 Å². The Hall–Kier alpha value is -4.15. The number of anilines is 3. The van der Waals surface area contributed by atoms with Crippen LogP contribution in [0.2, 0.25) is 0 Å². The monoisotopic (exact) mass is 533 g/mol. The summed E-state index contributed by atoms with van der Waals surface area (Å²) in [5.41, 5.74) is 2.93. The van der Waals surface area contributed by atoms with Crippen LogP contribution in [0.15, 0.2) is 35.6 Å². The van der Waals surface area contributed by atoms with Gasteiger partial charge in [-0.25, -0.2) is 14.8 Å². The average Bonchev–Trinajstić information content (AvgIpc) is 3.34. The largest absolute Gasteiger partial charge is 0.501 e. The predicted molar refractivity (Wildman–Crippen MR) is 151 cm³/mol. The fourth-order valence-corrected chi connectivity index (χ4v) is 5.45. The molecule has 4 heterocycles. The molecule has 2 aliphatic rings. The van der Waals surface area contributed by atoms with Crippen molar-refractivity contribution < 1.29 is 14.6 Å². The molecule has 3 aromatic rings. The number of carboxylic acid groups (broad SMARTS) is 1. The van der Waals surface area contributed by atoms with Gasteiger partial charge < -0.3 is 25.0 Å². The van der Waals surface area contributed by atoms with Crippen molar-refractivity contribution in [2.24, 2.45) is 0 Å². The fourth-order valence-electron chi connectivity index (χ4n) is 5.45. The Kier molecular flexibility index (Phi) is 7.94. The van der Waals surface area contributed by atoms with Crippen molar-refractivity contribution in [1.82, 2.24) is 24.4 Å². The molecule has 11 heteroatoms. The smallest absolute Gasteiger partial charge is 0.407 e. The number of ether oxygens (including phenoxy) is 1. The molecule has 0 unspecified atom stereocenters. The summed E-state index contributed by atoms with van der Waals surface area (Å²) in [6.07, 6.45) is 10.8. The Bertz CT molecular complexity index is 1410. The normalized spacial score (nSPS) is 16.7. The molecule has 0 radical (unpaired) electrons. The van der Waals surface area contributed by atoms with Gasteiger partial charge in [0.1, 0.15) is 11.5 Å². The van der Waals surface area contributed by atoms with Gasteiger partial charge in [-0.1, -0.05) is 12.8 Å². The summed E-state index contributed by atoms with van der Waals surface area (Å²) >= 11 is 0. The highest BCUT2D eigenvalue weighted by Crippen LogP contribution is 2.32. The number of amides is 1. The number of aromatic nitrogens is 4. The topological polar surface area (TPSA) is 126 Å². The van der Waals surface area contributed by atoms with E-state index in [0.29, 0.717) is 49.2 Å². The molecule has 39 heavy (non-hydrogen) atoms. The highest BCUT2D eigenvalue weighted by atomic mass is 16.5. The van der Waals surface area contributed by atoms with E-state index in [4.69, 9.17) is 9.72 Å². The van der Waals surface area contributed by atoms with E-state index in [-0.39, 0.29) is 11.6 Å². The van der Waals surface area contributed by atoms with Crippen molar-refractivity contribution >= 4 is 40.7 Å². The standard InChI is InChI=1S/C28H35N7O4/c1-3-39-16-11-22-19(2)23-18-30-27(32-25(23)35(26(22)36)20-7-4-5-8-20)31-24-10-9-21(17-29-24)33-12-6-13-34(15-14-33)28(37)38/h9-11,16-18,20H,3-8,12-15H2,1-2H3,(H,37,38)(H,29,30,31,32). The number of nitrogens with zero attached hydrogens (tertiary/aromatic N) is 6. The van der Waals surface area contributed by atoms with E-state index in [2.05, 4.69) is 20.2 Å². The number of hydrogen-bond acceptors (Lipinski definition) is 8. The van der Waals surface area contributed by atoms with Gasteiger partial charge >= 0.3 is 6.09 Å². The van der Waals surface area contributed by atoms with Gasteiger partial charge in [-0.2, -0.15) is 4.98 Å². The molecule has 0 bridgehead atoms.